The first kappa shape index (κ1) is 14.9. The molecule has 0 saturated heterocycles. The van der Waals surface area contributed by atoms with E-state index in [-0.39, 0.29) is 11.3 Å². The van der Waals surface area contributed by atoms with Gasteiger partial charge in [0.15, 0.2) is 0 Å². The molecule has 0 radical (unpaired) electrons. The van der Waals surface area contributed by atoms with Crippen LogP contribution < -0.4 is 10.6 Å². The molecule has 0 fully saturated rings. The van der Waals surface area contributed by atoms with Gasteiger partial charge in [0.25, 0.3) is 11.6 Å². The number of anilines is 1. The molecule has 1 aromatic rings. The third-order valence-electron chi connectivity index (χ3n) is 2.55. The lowest BCUT2D eigenvalue weighted by Gasteiger charge is -2.08. The maximum atomic E-state index is 11.9. The normalized spacial score (nSPS) is 10.0. The van der Waals surface area contributed by atoms with Crippen LogP contribution in [0.4, 0.5) is 11.4 Å². The van der Waals surface area contributed by atoms with Crippen molar-refractivity contribution >= 4 is 17.3 Å². The second-order valence-corrected chi connectivity index (χ2v) is 4.17. The highest BCUT2D eigenvalue weighted by Gasteiger charge is 2.20. The Balaban J connectivity index is 3.01. The number of rotatable bonds is 7. The lowest BCUT2D eigenvalue weighted by Crippen LogP contribution is -2.25. The van der Waals surface area contributed by atoms with Crippen LogP contribution in [0, 0.1) is 10.1 Å². The van der Waals surface area contributed by atoms with E-state index in [1.807, 2.05) is 13.8 Å². The van der Waals surface area contributed by atoms with Gasteiger partial charge in [-0.05, 0) is 25.0 Å². The second-order valence-electron chi connectivity index (χ2n) is 4.17. The van der Waals surface area contributed by atoms with Gasteiger partial charge in [0, 0.05) is 24.8 Å². The Hall–Kier alpha value is -2.11. The standard InChI is InChI=1S/C13H19N3O3/c1-3-7-14-10-5-6-12(16(18)19)11(9-10)13(17)15-8-4-2/h5-6,9,14H,3-4,7-8H2,1-2H3,(H,15,17). The van der Waals surface area contributed by atoms with Crippen molar-refractivity contribution in [2.75, 3.05) is 18.4 Å². The Morgan fingerprint density at radius 1 is 1.26 bits per heavy atom. The molecular formula is C13H19N3O3. The molecular weight excluding hydrogens is 246 g/mol. The average molecular weight is 265 g/mol. The summed E-state index contributed by atoms with van der Waals surface area (Å²) in [7, 11) is 0. The van der Waals surface area contributed by atoms with E-state index < -0.39 is 10.8 Å². The zero-order valence-electron chi connectivity index (χ0n) is 11.2. The van der Waals surface area contributed by atoms with E-state index >= 15 is 0 Å². The summed E-state index contributed by atoms with van der Waals surface area (Å²) in [5.74, 6) is -0.409. The number of nitrogens with zero attached hydrogens (tertiary/aromatic N) is 1. The first-order valence-electron chi connectivity index (χ1n) is 6.40. The number of hydrogen-bond donors (Lipinski definition) is 2. The third-order valence-corrected chi connectivity index (χ3v) is 2.55. The molecule has 0 aliphatic rings. The molecule has 0 aliphatic heterocycles. The van der Waals surface area contributed by atoms with Crippen LogP contribution in [0.1, 0.15) is 37.0 Å². The zero-order valence-corrected chi connectivity index (χ0v) is 11.2. The monoisotopic (exact) mass is 265 g/mol. The molecule has 0 aliphatic carbocycles. The van der Waals surface area contributed by atoms with Gasteiger partial charge in [0.2, 0.25) is 0 Å². The minimum atomic E-state index is -0.537. The van der Waals surface area contributed by atoms with E-state index in [1.54, 1.807) is 6.07 Å². The van der Waals surface area contributed by atoms with Crippen molar-refractivity contribution in [3.8, 4) is 0 Å². The molecule has 0 heterocycles. The number of hydrogen-bond acceptors (Lipinski definition) is 4. The largest absolute Gasteiger partial charge is 0.385 e. The first-order chi connectivity index (χ1) is 9.10. The summed E-state index contributed by atoms with van der Waals surface area (Å²) in [5.41, 5.74) is 0.643. The number of amides is 1. The van der Waals surface area contributed by atoms with Gasteiger partial charge in [0.1, 0.15) is 5.56 Å². The fourth-order valence-electron chi connectivity index (χ4n) is 1.59. The van der Waals surface area contributed by atoms with E-state index in [9.17, 15) is 14.9 Å². The maximum absolute atomic E-state index is 11.9. The van der Waals surface area contributed by atoms with Crippen molar-refractivity contribution < 1.29 is 9.72 Å². The summed E-state index contributed by atoms with van der Waals surface area (Å²) in [6, 6.07) is 4.50. The summed E-state index contributed by atoms with van der Waals surface area (Å²) < 4.78 is 0. The van der Waals surface area contributed by atoms with Crippen molar-refractivity contribution in [2.45, 2.75) is 26.7 Å². The van der Waals surface area contributed by atoms with Gasteiger partial charge >= 0.3 is 0 Å². The van der Waals surface area contributed by atoms with Crippen molar-refractivity contribution in [3.05, 3.63) is 33.9 Å². The maximum Gasteiger partial charge on any atom is 0.282 e. The Labute approximate surface area is 112 Å². The van der Waals surface area contributed by atoms with Crippen LogP contribution in [-0.2, 0) is 0 Å². The quantitative estimate of drug-likeness (QED) is 0.586. The minimum Gasteiger partial charge on any atom is -0.385 e. The molecule has 0 aromatic heterocycles. The fourth-order valence-corrected chi connectivity index (χ4v) is 1.59. The minimum absolute atomic E-state index is 0.0968. The molecule has 0 atom stereocenters. The molecule has 0 saturated carbocycles. The van der Waals surface area contributed by atoms with Gasteiger partial charge in [-0.2, -0.15) is 0 Å². The number of nitro groups is 1. The molecule has 19 heavy (non-hydrogen) atoms. The van der Waals surface area contributed by atoms with Crippen LogP contribution in [0.3, 0.4) is 0 Å². The first-order valence-corrected chi connectivity index (χ1v) is 6.40. The molecule has 0 bridgehead atoms. The highest BCUT2D eigenvalue weighted by molar-refractivity contribution is 5.99. The Bertz CT molecular complexity index is 460. The van der Waals surface area contributed by atoms with Crippen LogP contribution in [0.5, 0.6) is 0 Å². The topological polar surface area (TPSA) is 84.3 Å². The smallest absolute Gasteiger partial charge is 0.282 e. The van der Waals surface area contributed by atoms with Crippen molar-refractivity contribution in [3.63, 3.8) is 0 Å². The predicted molar refractivity (Wildman–Crippen MR) is 74.5 cm³/mol. The number of carbonyl (C=O) groups excluding carboxylic acids is 1. The molecule has 1 aromatic carbocycles. The molecule has 2 N–H and O–H groups in total. The van der Waals surface area contributed by atoms with E-state index in [0.717, 1.165) is 19.4 Å². The average Bonchev–Trinajstić information content (AvgIpc) is 2.41. The molecule has 6 nitrogen and oxygen atoms in total. The molecule has 0 unspecified atom stereocenters. The lowest BCUT2D eigenvalue weighted by atomic mass is 10.1. The molecule has 0 spiro atoms. The van der Waals surface area contributed by atoms with E-state index in [4.69, 9.17) is 0 Å². The van der Waals surface area contributed by atoms with Gasteiger partial charge in [-0.25, -0.2) is 0 Å². The fraction of sp³-hybridized carbons (Fsp3) is 0.462. The van der Waals surface area contributed by atoms with E-state index in [2.05, 4.69) is 10.6 Å². The molecule has 1 rings (SSSR count). The third kappa shape index (κ3) is 4.24. The second kappa shape index (κ2) is 7.35. The van der Waals surface area contributed by atoms with Crippen molar-refractivity contribution in [2.24, 2.45) is 0 Å². The van der Waals surface area contributed by atoms with E-state index in [1.165, 1.54) is 12.1 Å². The van der Waals surface area contributed by atoms with Gasteiger partial charge in [-0.15, -0.1) is 0 Å². The van der Waals surface area contributed by atoms with Crippen LogP contribution >= 0.6 is 0 Å². The lowest BCUT2D eigenvalue weighted by molar-refractivity contribution is -0.385. The van der Waals surface area contributed by atoms with Crippen LogP contribution in [0.2, 0.25) is 0 Å². The number of nitro benzene ring substituents is 1. The van der Waals surface area contributed by atoms with Gasteiger partial charge in [0.05, 0.1) is 4.92 Å². The van der Waals surface area contributed by atoms with E-state index in [0.29, 0.717) is 12.2 Å². The molecule has 1 amide bonds. The van der Waals surface area contributed by atoms with Crippen LogP contribution in [-0.4, -0.2) is 23.9 Å². The Morgan fingerprint density at radius 2 is 1.95 bits per heavy atom. The van der Waals surface area contributed by atoms with Crippen LogP contribution in [0.15, 0.2) is 18.2 Å². The summed E-state index contributed by atoms with van der Waals surface area (Å²) in [5, 5.41) is 16.7. The predicted octanol–water partition coefficient (Wildman–Crippen LogP) is 2.56. The highest BCUT2D eigenvalue weighted by Crippen LogP contribution is 2.22. The van der Waals surface area contributed by atoms with Crippen molar-refractivity contribution in [1.29, 1.82) is 0 Å². The molecule has 6 heteroatoms. The number of nitrogens with one attached hydrogen (secondary N) is 2. The number of carbonyl (C=O) groups is 1. The SMILES string of the molecule is CCCNC(=O)c1cc(NCCC)ccc1[N+](=O)[O-]. The Morgan fingerprint density at radius 3 is 2.53 bits per heavy atom. The van der Waals surface area contributed by atoms with Crippen molar-refractivity contribution in [1.82, 2.24) is 5.32 Å². The Kier molecular flexibility index (Phi) is 5.78. The van der Waals surface area contributed by atoms with Gasteiger partial charge in [-0.1, -0.05) is 13.8 Å². The van der Waals surface area contributed by atoms with Crippen LogP contribution in [0.25, 0.3) is 0 Å². The van der Waals surface area contributed by atoms with Gasteiger partial charge < -0.3 is 10.6 Å². The summed E-state index contributed by atoms with van der Waals surface area (Å²) in [4.78, 5) is 22.3. The summed E-state index contributed by atoms with van der Waals surface area (Å²) in [6.07, 6.45) is 1.72. The summed E-state index contributed by atoms with van der Waals surface area (Å²) in [6.45, 7) is 5.21. The number of benzene rings is 1. The highest BCUT2D eigenvalue weighted by atomic mass is 16.6. The molecule has 104 valence electrons. The zero-order chi connectivity index (χ0) is 14.3. The van der Waals surface area contributed by atoms with Gasteiger partial charge in [-0.3, -0.25) is 14.9 Å². The summed E-state index contributed by atoms with van der Waals surface area (Å²) >= 11 is 0.